The second-order valence-electron chi connectivity index (χ2n) is 7.69. The van der Waals surface area contributed by atoms with Crippen LogP contribution in [0.2, 0.25) is 0 Å². The third kappa shape index (κ3) is 9.00. The van der Waals surface area contributed by atoms with Gasteiger partial charge < -0.3 is 19.3 Å². The number of nitrogens with one attached hydrogen (secondary N) is 1. The summed E-state index contributed by atoms with van der Waals surface area (Å²) in [6, 6.07) is 7.06. The molecule has 2 N–H and O–H groups in total. The summed E-state index contributed by atoms with van der Waals surface area (Å²) in [4.78, 5) is 11.3. The summed E-state index contributed by atoms with van der Waals surface area (Å²) in [5, 5.41) is 12.7. The molecule has 1 atom stereocenters. The van der Waals surface area contributed by atoms with E-state index in [-0.39, 0.29) is 6.10 Å². The number of carboxylic acid groups (broad SMARTS) is 1. The summed E-state index contributed by atoms with van der Waals surface area (Å²) in [6.07, 6.45) is 8.02. The molecule has 1 aromatic rings. The Hall–Kier alpha value is -2.32. The van der Waals surface area contributed by atoms with Crippen LogP contribution in [0.3, 0.4) is 0 Å². The molecule has 1 aromatic carbocycles. The molecule has 0 radical (unpaired) electrons. The highest BCUT2D eigenvalue weighted by atomic mass is 32.2. The van der Waals surface area contributed by atoms with Crippen molar-refractivity contribution in [3.8, 4) is 5.75 Å². The quantitative estimate of drug-likeness (QED) is 0.382. The maximum Gasteiger partial charge on any atom is 0.333 e. The highest BCUT2D eigenvalue weighted by Crippen LogP contribution is 2.22. The van der Waals surface area contributed by atoms with Crippen molar-refractivity contribution in [2.75, 3.05) is 12.8 Å². The van der Waals surface area contributed by atoms with Crippen LogP contribution in [-0.2, 0) is 26.1 Å². The van der Waals surface area contributed by atoms with Gasteiger partial charge in [0.25, 0.3) is 0 Å². The monoisotopic (exact) mass is 437 g/mol. The lowest BCUT2D eigenvalue weighted by atomic mass is 9.97. The predicted molar refractivity (Wildman–Crippen MR) is 116 cm³/mol. The van der Waals surface area contributed by atoms with Crippen LogP contribution in [0, 0.1) is 0 Å². The van der Waals surface area contributed by atoms with Crippen molar-refractivity contribution in [1.29, 1.82) is 0 Å². The number of aliphatic carboxylic acids is 1. The molecule has 8 heteroatoms. The average Bonchev–Trinajstić information content (AvgIpc) is 2.65. The van der Waals surface area contributed by atoms with E-state index in [1.165, 1.54) is 0 Å². The molecule has 0 heterocycles. The van der Waals surface area contributed by atoms with E-state index in [4.69, 9.17) is 8.92 Å². The highest BCUT2D eigenvalue weighted by molar-refractivity contribution is 7.86. The van der Waals surface area contributed by atoms with Gasteiger partial charge in [-0.05, 0) is 63.3 Å². The number of ether oxygens (including phenoxy) is 1. The first kappa shape index (κ1) is 24.0. The maximum atomic E-state index is 11.3. The fourth-order valence-electron chi connectivity index (χ4n) is 3.19. The first-order valence-corrected chi connectivity index (χ1v) is 11.9. The van der Waals surface area contributed by atoms with Crippen LogP contribution in [-0.4, -0.2) is 44.5 Å². The minimum Gasteiger partial charge on any atom is -0.479 e. The Morgan fingerprint density at radius 2 is 1.87 bits per heavy atom. The Labute approximate surface area is 178 Å². The number of benzene rings is 1. The fourth-order valence-corrected chi connectivity index (χ4v) is 3.65. The molecule has 2 rings (SSSR count). The smallest absolute Gasteiger partial charge is 0.333 e. The number of rotatable bonds is 12. The number of aryl methyl sites for hydroxylation is 1. The Morgan fingerprint density at radius 1 is 1.17 bits per heavy atom. The largest absolute Gasteiger partial charge is 0.479 e. The molecule has 0 aliphatic heterocycles. The second kappa shape index (κ2) is 11.2. The fraction of sp³-hybridized carbons (Fsp3) is 0.500. The minimum absolute atomic E-state index is 0.119. The zero-order valence-electron chi connectivity index (χ0n) is 17.8. The van der Waals surface area contributed by atoms with Crippen LogP contribution in [0.4, 0.5) is 0 Å². The first-order chi connectivity index (χ1) is 14.1. The Kier molecular flexibility index (Phi) is 8.92. The van der Waals surface area contributed by atoms with Gasteiger partial charge in [0.2, 0.25) is 0 Å². The molecular weight excluding hydrogens is 406 g/mol. The van der Waals surface area contributed by atoms with Crippen molar-refractivity contribution >= 4 is 16.1 Å². The highest BCUT2D eigenvalue weighted by Gasteiger charge is 2.21. The lowest BCUT2D eigenvalue weighted by molar-refractivity contribution is -0.153. The van der Waals surface area contributed by atoms with Crippen LogP contribution in [0.1, 0.15) is 45.1 Å². The molecule has 166 valence electrons. The van der Waals surface area contributed by atoms with Crippen molar-refractivity contribution < 1.29 is 27.2 Å². The van der Waals surface area contributed by atoms with Gasteiger partial charge in [0, 0.05) is 18.7 Å². The molecule has 1 aliphatic rings. The van der Waals surface area contributed by atoms with Gasteiger partial charge in [-0.1, -0.05) is 23.8 Å². The van der Waals surface area contributed by atoms with Crippen LogP contribution in [0.25, 0.3) is 0 Å². The molecule has 0 saturated carbocycles. The standard InChI is InChI=1S/C22H31NO6S/c1-16(2)28-21(22(24)25)15-18-6-10-19(11-7-18)23-14-4-5-17-8-12-20(13-9-17)29-30(3,26)27/h6,8-10,12-13,16,21,23H,4-5,7,11,14-15H2,1-3H3,(H,24,25). The van der Waals surface area contributed by atoms with E-state index in [0.29, 0.717) is 12.2 Å². The number of hydrogen-bond acceptors (Lipinski definition) is 6. The average molecular weight is 438 g/mol. The molecule has 1 unspecified atom stereocenters. The van der Waals surface area contributed by atoms with Gasteiger partial charge in [0.1, 0.15) is 5.75 Å². The zero-order valence-corrected chi connectivity index (χ0v) is 18.6. The van der Waals surface area contributed by atoms with Crippen molar-refractivity contribution in [2.45, 2.75) is 58.2 Å². The van der Waals surface area contributed by atoms with Crippen molar-refractivity contribution in [1.82, 2.24) is 5.32 Å². The van der Waals surface area contributed by atoms with Gasteiger partial charge in [-0.3, -0.25) is 0 Å². The third-order valence-electron chi connectivity index (χ3n) is 4.56. The summed E-state index contributed by atoms with van der Waals surface area (Å²) in [5.41, 5.74) is 3.35. The van der Waals surface area contributed by atoms with Gasteiger partial charge >= 0.3 is 16.1 Å². The van der Waals surface area contributed by atoms with Gasteiger partial charge in [-0.2, -0.15) is 8.42 Å². The predicted octanol–water partition coefficient (Wildman–Crippen LogP) is 3.42. The van der Waals surface area contributed by atoms with Crippen molar-refractivity contribution in [3.63, 3.8) is 0 Å². The Bertz CT molecular complexity index is 871. The molecule has 0 amide bonds. The third-order valence-corrected chi connectivity index (χ3v) is 5.06. The molecule has 0 fully saturated rings. The summed E-state index contributed by atoms with van der Waals surface area (Å²) in [6.45, 7) is 4.50. The van der Waals surface area contributed by atoms with E-state index < -0.39 is 22.2 Å². The van der Waals surface area contributed by atoms with Gasteiger partial charge in [0.05, 0.1) is 12.4 Å². The molecule has 1 aliphatic carbocycles. The van der Waals surface area contributed by atoms with Crippen molar-refractivity contribution in [3.05, 3.63) is 53.3 Å². The number of carboxylic acids is 1. The van der Waals surface area contributed by atoms with E-state index in [1.54, 1.807) is 12.1 Å². The van der Waals surface area contributed by atoms with Crippen LogP contribution >= 0.6 is 0 Å². The normalized spacial score (nSPS) is 15.3. The van der Waals surface area contributed by atoms with E-state index in [0.717, 1.165) is 55.3 Å². The molecule has 0 bridgehead atoms. The van der Waals surface area contributed by atoms with Crippen LogP contribution in [0.15, 0.2) is 47.7 Å². The van der Waals surface area contributed by atoms with Crippen LogP contribution < -0.4 is 9.50 Å². The van der Waals surface area contributed by atoms with E-state index in [9.17, 15) is 18.3 Å². The topological polar surface area (TPSA) is 102 Å². The number of carbonyl (C=O) groups is 1. The summed E-state index contributed by atoms with van der Waals surface area (Å²) >= 11 is 0. The van der Waals surface area contributed by atoms with Gasteiger partial charge in [-0.15, -0.1) is 0 Å². The minimum atomic E-state index is -3.50. The van der Waals surface area contributed by atoms with Gasteiger partial charge in [-0.25, -0.2) is 4.79 Å². The summed E-state index contributed by atoms with van der Waals surface area (Å²) in [5.74, 6) is -0.605. The Balaban J connectivity index is 1.75. The lowest BCUT2D eigenvalue weighted by Gasteiger charge is -2.21. The number of allylic oxidation sites excluding steroid dienone is 3. The summed E-state index contributed by atoms with van der Waals surface area (Å²) in [7, 11) is -3.50. The van der Waals surface area contributed by atoms with E-state index in [2.05, 4.69) is 5.32 Å². The van der Waals surface area contributed by atoms with Crippen molar-refractivity contribution in [2.24, 2.45) is 0 Å². The lowest BCUT2D eigenvalue weighted by Crippen LogP contribution is -2.28. The molecule has 0 saturated heterocycles. The molecule has 0 aromatic heterocycles. The molecule has 30 heavy (non-hydrogen) atoms. The van der Waals surface area contributed by atoms with Crippen LogP contribution in [0.5, 0.6) is 5.75 Å². The maximum absolute atomic E-state index is 11.3. The van der Waals surface area contributed by atoms with E-state index >= 15 is 0 Å². The first-order valence-electron chi connectivity index (χ1n) is 10.1. The number of hydrogen-bond donors (Lipinski definition) is 2. The molecule has 7 nitrogen and oxygen atoms in total. The van der Waals surface area contributed by atoms with Gasteiger partial charge in [0.15, 0.2) is 6.10 Å². The molecular formula is C22H31NO6S. The SMILES string of the molecule is CC(C)OC(CC1=CC=C(NCCCc2ccc(OS(C)(=O)=O)cc2)CC1)C(=O)O. The molecule has 0 spiro atoms. The second-order valence-corrected chi connectivity index (χ2v) is 9.27. The summed E-state index contributed by atoms with van der Waals surface area (Å²) < 4.78 is 32.6. The Morgan fingerprint density at radius 3 is 2.40 bits per heavy atom. The van der Waals surface area contributed by atoms with E-state index in [1.807, 2.05) is 38.1 Å². The zero-order chi connectivity index (χ0) is 22.1.